The monoisotopic (exact) mass is 842 g/mol. The average Bonchev–Trinajstić information content (AvgIpc) is 3.74. The van der Waals surface area contributed by atoms with Crippen molar-refractivity contribution >= 4 is 0 Å². The van der Waals surface area contributed by atoms with Crippen LogP contribution in [0.4, 0.5) is 22.0 Å². The first-order valence-corrected chi connectivity index (χ1v) is 19.1. The fourth-order valence-corrected chi connectivity index (χ4v) is 6.14. The molecule has 0 aliphatic heterocycles. The summed E-state index contributed by atoms with van der Waals surface area (Å²) in [6.07, 6.45) is 0. The third-order valence-electron chi connectivity index (χ3n) is 9.55. The molecule has 0 N–H and O–H groups in total. The molecule has 0 unspecified atom stereocenters. The maximum absolute atomic E-state index is 17.0. The van der Waals surface area contributed by atoms with Crippen molar-refractivity contribution < 1.29 is 50.1 Å². The first-order valence-electron chi connectivity index (χ1n) is 19.1. The Balaban J connectivity index is 1.34. The standard InChI is InChI=1S/C49H35F5N2O6/c1-26-6-16-31(17-7-26)57-43-36(38(50)39(51)46(40(43)52)60-34-22-12-29(4)13-23-34)48-55-56-49(62-48)37-44(58-32-18-8-27(2)9-19-32)41(53)47(61-35-24-14-30(5)15-25-35)42(54)45(37)59-33-20-10-28(3)11-21-33/h6-25H,1-5H3. The smallest absolute Gasteiger partial charge is 0.255 e. The van der Waals surface area contributed by atoms with E-state index >= 15 is 22.0 Å². The van der Waals surface area contributed by atoms with Crippen LogP contribution >= 0.6 is 0 Å². The molecular weight excluding hydrogens is 808 g/mol. The summed E-state index contributed by atoms with van der Waals surface area (Å²) in [5.74, 6) is -13.2. The second kappa shape index (κ2) is 17.1. The van der Waals surface area contributed by atoms with E-state index in [1.165, 1.54) is 60.7 Å². The first kappa shape index (κ1) is 41.1. The Bertz CT molecular complexity index is 2830. The molecule has 0 radical (unpaired) electrons. The van der Waals surface area contributed by atoms with Gasteiger partial charge in [0.1, 0.15) is 39.9 Å². The summed E-state index contributed by atoms with van der Waals surface area (Å²) in [4.78, 5) is 0. The highest BCUT2D eigenvalue weighted by atomic mass is 19.2. The molecule has 7 aromatic carbocycles. The van der Waals surface area contributed by atoms with Crippen molar-refractivity contribution in [1.29, 1.82) is 0 Å². The normalized spacial score (nSPS) is 11.1. The van der Waals surface area contributed by atoms with Crippen LogP contribution in [0.3, 0.4) is 0 Å². The van der Waals surface area contributed by atoms with Crippen LogP contribution in [0.25, 0.3) is 22.9 Å². The molecule has 0 amide bonds. The summed E-state index contributed by atoms with van der Waals surface area (Å²) < 4.78 is 119. The molecule has 8 nitrogen and oxygen atoms in total. The van der Waals surface area contributed by atoms with Gasteiger partial charge in [-0.3, -0.25) is 0 Å². The number of halogens is 5. The molecule has 62 heavy (non-hydrogen) atoms. The summed E-state index contributed by atoms with van der Waals surface area (Å²) in [5.41, 5.74) is 2.69. The van der Waals surface area contributed by atoms with E-state index in [-0.39, 0.29) is 28.7 Å². The minimum Gasteiger partial charge on any atom is -0.453 e. The third kappa shape index (κ3) is 8.50. The van der Waals surface area contributed by atoms with E-state index in [1.54, 1.807) is 74.5 Å². The van der Waals surface area contributed by atoms with E-state index in [0.717, 1.165) is 27.8 Å². The fraction of sp³-hybridized carbons (Fsp3) is 0.102. The molecule has 312 valence electrons. The Kier molecular flexibility index (Phi) is 11.4. The number of aromatic nitrogens is 2. The van der Waals surface area contributed by atoms with Crippen molar-refractivity contribution in [1.82, 2.24) is 10.2 Å². The lowest BCUT2D eigenvalue weighted by molar-refractivity contribution is 0.358. The Labute approximate surface area is 352 Å². The Hall–Kier alpha value is -7.67. The molecule has 0 saturated carbocycles. The van der Waals surface area contributed by atoms with Crippen LogP contribution in [0.5, 0.6) is 57.5 Å². The van der Waals surface area contributed by atoms with Crippen LogP contribution < -0.4 is 23.7 Å². The molecule has 1 aromatic heterocycles. The van der Waals surface area contributed by atoms with Crippen molar-refractivity contribution in [2.75, 3.05) is 0 Å². The molecule has 8 aromatic rings. The second-order valence-corrected chi connectivity index (χ2v) is 14.5. The Morgan fingerprint density at radius 3 is 0.855 bits per heavy atom. The number of hydrogen-bond acceptors (Lipinski definition) is 8. The molecule has 8 rings (SSSR count). The number of ether oxygens (including phenoxy) is 5. The maximum Gasteiger partial charge on any atom is 0.255 e. The molecule has 0 atom stereocenters. The van der Waals surface area contributed by atoms with Crippen LogP contribution in [0.15, 0.2) is 126 Å². The maximum atomic E-state index is 17.0. The van der Waals surface area contributed by atoms with Gasteiger partial charge in [0.2, 0.25) is 34.8 Å². The summed E-state index contributed by atoms with van der Waals surface area (Å²) >= 11 is 0. The number of benzene rings is 7. The van der Waals surface area contributed by atoms with E-state index < -0.39 is 80.7 Å². The summed E-state index contributed by atoms with van der Waals surface area (Å²) in [6.45, 7) is 9.10. The predicted octanol–water partition coefficient (Wildman–Crippen LogP) is 14.6. The molecule has 0 aliphatic rings. The summed E-state index contributed by atoms with van der Waals surface area (Å²) in [6, 6.07) is 31.8. The van der Waals surface area contributed by atoms with Gasteiger partial charge in [0.25, 0.3) is 11.8 Å². The largest absolute Gasteiger partial charge is 0.453 e. The molecule has 0 fully saturated rings. The van der Waals surface area contributed by atoms with Crippen LogP contribution in [-0.2, 0) is 0 Å². The SMILES string of the molecule is Cc1ccc(Oc2c(F)c(F)c(-c3nnc(-c4c(Oc5ccc(C)cc5)c(F)c(Oc5ccc(C)cc5)c(F)c4Oc4ccc(C)cc4)o3)c(Oc3ccc(C)cc3)c2F)cc1. The van der Waals surface area contributed by atoms with Crippen molar-refractivity contribution in [2.24, 2.45) is 0 Å². The second-order valence-electron chi connectivity index (χ2n) is 14.5. The number of rotatable bonds is 12. The van der Waals surface area contributed by atoms with E-state index in [4.69, 9.17) is 28.1 Å². The van der Waals surface area contributed by atoms with Gasteiger partial charge in [0.15, 0.2) is 23.1 Å². The minimum absolute atomic E-state index is 0.00276. The van der Waals surface area contributed by atoms with Crippen LogP contribution in [0.1, 0.15) is 27.8 Å². The number of aryl methyl sites for hydroxylation is 5. The number of hydrogen-bond donors (Lipinski definition) is 0. The zero-order valence-electron chi connectivity index (χ0n) is 33.8. The third-order valence-corrected chi connectivity index (χ3v) is 9.55. The molecule has 13 heteroatoms. The van der Waals surface area contributed by atoms with Gasteiger partial charge in [-0.1, -0.05) is 88.5 Å². The lowest BCUT2D eigenvalue weighted by Crippen LogP contribution is -2.04. The van der Waals surface area contributed by atoms with Crippen LogP contribution in [0.2, 0.25) is 0 Å². The van der Waals surface area contributed by atoms with Gasteiger partial charge in [-0.15, -0.1) is 10.2 Å². The molecule has 0 saturated heterocycles. The zero-order valence-corrected chi connectivity index (χ0v) is 33.8. The molecule has 0 aliphatic carbocycles. The lowest BCUT2D eigenvalue weighted by Gasteiger charge is -2.19. The van der Waals surface area contributed by atoms with Crippen molar-refractivity contribution in [3.05, 3.63) is 178 Å². The van der Waals surface area contributed by atoms with Crippen molar-refractivity contribution in [3.8, 4) is 80.4 Å². The fourth-order valence-electron chi connectivity index (χ4n) is 6.14. The van der Waals surface area contributed by atoms with E-state index in [9.17, 15) is 0 Å². The van der Waals surface area contributed by atoms with E-state index in [0.29, 0.717) is 0 Å². The lowest BCUT2D eigenvalue weighted by atomic mass is 10.1. The molecule has 0 spiro atoms. The predicted molar refractivity (Wildman–Crippen MR) is 221 cm³/mol. The van der Waals surface area contributed by atoms with Gasteiger partial charge in [-0.2, -0.15) is 17.6 Å². The molecule has 1 heterocycles. The van der Waals surface area contributed by atoms with Gasteiger partial charge in [-0.05, 0) is 95.3 Å². The van der Waals surface area contributed by atoms with Gasteiger partial charge >= 0.3 is 0 Å². The van der Waals surface area contributed by atoms with Gasteiger partial charge in [-0.25, -0.2) is 4.39 Å². The van der Waals surface area contributed by atoms with Gasteiger partial charge < -0.3 is 28.1 Å². The zero-order chi connectivity index (χ0) is 43.7. The van der Waals surface area contributed by atoms with Crippen LogP contribution in [-0.4, -0.2) is 10.2 Å². The average molecular weight is 843 g/mol. The topological polar surface area (TPSA) is 85.1 Å². The van der Waals surface area contributed by atoms with E-state index in [2.05, 4.69) is 10.2 Å². The van der Waals surface area contributed by atoms with Gasteiger partial charge in [0, 0.05) is 0 Å². The van der Waals surface area contributed by atoms with Crippen molar-refractivity contribution in [2.45, 2.75) is 34.6 Å². The Morgan fingerprint density at radius 2 is 0.548 bits per heavy atom. The Morgan fingerprint density at radius 1 is 0.306 bits per heavy atom. The summed E-state index contributed by atoms with van der Waals surface area (Å²) in [7, 11) is 0. The van der Waals surface area contributed by atoms with E-state index in [1.807, 2.05) is 20.8 Å². The molecule has 0 bridgehead atoms. The summed E-state index contributed by atoms with van der Waals surface area (Å²) in [5, 5.41) is 7.94. The quantitative estimate of drug-likeness (QED) is 0.0888. The van der Waals surface area contributed by atoms with Crippen molar-refractivity contribution in [3.63, 3.8) is 0 Å². The highest BCUT2D eigenvalue weighted by molar-refractivity contribution is 5.77. The molecular formula is C49H35F5N2O6. The number of nitrogens with zero attached hydrogens (tertiary/aromatic N) is 2. The highest BCUT2D eigenvalue weighted by Gasteiger charge is 2.36. The highest BCUT2D eigenvalue weighted by Crippen LogP contribution is 2.52. The van der Waals surface area contributed by atoms with Crippen LogP contribution in [0, 0.1) is 63.7 Å². The minimum atomic E-state index is -1.75. The first-order chi connectivity index (χ1) is 29.8. The van der Waals surface area contributed by atoms with Gasteiger partial charge in [0.05, 0.1) is 0 Å².